The monoisotopic (exact) mass is 332 g/mol. The van der Waals surface area contributed by atoms with Crippen molar-refractivity contribution in [2.24, 2.45) is 0 Å². The van der Waals surface area contributed by atoms with Gasteiger partial charge in [-0.25, -0.2) is 0 Å². The Kier molecular flexibility index (Phi) is 5.32. The lowest BCUT2D eigenvalue weighted by Gasteiger charge is -2.26. The Morgan fingerprint density at radius 1 is 1.29 bits per heavy atom. The first-order chi connectivity index (χ1) is 11.6. The summed E-state index contributed by atoms with van der Waals surface area (Å²) in [7, 11) is 0. The van der Waals surface area contributed by atoms with Gasteiger partial charge in [-0.05, 0) is 32.0 Å². The molecule has 2 aromatic heterocycles. The van der Waals surface area contributed by atoms with Crippen LogP contribution in [0.1, 0.15) is 27.7 Å². The van der Waals surface area contributed by atoms with Gasteiger partial charge in [0.2, 0.25) is 0 Å². The van der Waals surface area contributed by atoms with Gasteiger partial charge >= 0.3 is 0 Å². The van der Waals surface area contributed by atoms with Crippen LogP contribution in [0.3, 0.4) is 0 Å². The minimum Gasteiger partial charge on any atom is -0.454 e. The van der Waals surface area contributed by atoms with E-state index in [1.807, 2.05) is 30.7 Å². The Morgan fingerprint density at radius 2 is 2.08 bits per heavy atom. The molecule has 0 bridgehead atoms. The summed E-state index contributed by atoms with van der Waals surface area (Å²) < 4.78 is 12.8. The molecule has 1 aliphatic heterocycles. The molecule has 1 N–H and O–H groups in total. The van der Waals surface area contributed by atoms with E-state index in [1.165, 1.54) is 0 Å². The molecule has 24 heavy (non-hydrogen) atoms. The van der Waals surface area contributed by atoms with Crippen molar-refractivity contribution in [1.29, 1.82) is 0 Å². The molecule has 7 heteroatoms. The molecule has 1 amide bonds. The lowest BCUT2D eigenvalue weighted by atomic mass is 10.3. The summed E-state index contributed by atoms with van der Waals surface area (Å²) in [5, 5.41) is 7.30. The maximum atomic E-state index is 12.2. The fourth-order valence-electron chi connectivity index (χ4n) is 2.81. The fraction of sp³-hybridized carbons (Fsp3) is 0.529. The molecule has 1 fully saturated rings. The average Bonchev–Trinajstić information content (AvgIpc) is 3.15. The molecule has 2 aromatic rings. The van der Waals surface area contributed by atoms with Crippen molar-refractivity contribution in [3.63, 3.8) is 0 Å². The van der Waals surface area contributed by atoms with Gasteiger partial charge in [0.25, 0.3) is 5.91 Å². The molecule has 0 unspecified atom stereocenters. The topological polar surface area (TPSA) is 72.5 Å². The predicted octanol–water partition coefficient (Wildman–Crippen LogP) is 1.20. The van der Waals surface area contributed by atoms with Crippen LogP contribution < -0.4 is 5.32 Å². The summed E-state index contributed by atoms with van der Waals surface area (Å²) in [5.74, 6) is 0.885. The molecule has 7 nitrogen and oxygen atoms in total. The van der Waals surface area contributed by atoms with Gasteiger partial charge in [0, 0.05) is 31.9 Å². The van der Waals surface area contributed by atoms with Crippen molar-refractivity contribution in [3.8, 4) is 0 Å². The largest absolute Gasteiger partial charge is 0.454 e. The van der Waals surface area contributed by atoms with Crippen LogP contribution >= 0.6 is 0 Å². The highest BCUT2D eigenvalue weighted by Crippen LogP contribution is 2.11. The number of rotatable bonds is 6. The van der Waals surface area contributed by atoms with E-state index in [4.69, 9.17) is 9.15 Å². The summed E-state index contributed by atoms with van der Waals surface area (Å²) >= 11 is 0. The lowest BCUT2D eigenvalue weighted by Crippen LogP contribution is -2.41. The molecule has 3 rings (SSSR count). The second-order valence-corrected chi connectivity index (χ2v) is 6.06. The smallest absolute Gasteiger partial charge is 0.287 e. The Balaban J connectivity index is 1.49. The van der Waals surface area contributed by atoms with Gasteiger partial charge in [-0.1, -0.05) is 0 Å². The number of furan rings is 1. The van der Waals surface area contributed by atoms with Crippen LogP contribution in [-0.2, 0) is 11.3 Å². The van der Waals surface area contributed by atoms with E-state index in [9.17, 15) is 4.79 Å². The first-order valence-corrected chi connectivity index (χ1v) is 8.30. The van der Waals surface area contributed by atoms with E-state index in [0.717, 1.165) is 50.0 Å². The number of hydrogen-bond donors (Lipinski definition) is 1. The second kappa shape index (κ2) is 7.63. The van der Waals surface area contributed by atoms with Gasteiger partial charge in [-0.15, -0.1) is 0 Å². The van der Waals surface area contributed by atoms with Crippen molar-refractivity contribution in [3.05, 3.63) is 41.1 Å². The number of carbonyl (C=O) groups is 1. The molecular weight excluding hydrogens is 308 g/mol. The Morgan fingerprint density at radius 3 is 2.79 bits per heavy atom. The van der Waals surface area contributed by atoms with E-state index < -0.39 is 0 Å². The van der Waals surface area contributed by atoms with Crippen LogP contribution in [0.15, 0.2) is 22.6 Å². The zero-order chi connectivity index (χ0) is 16.9. The van der Waals surface area contributed by atoms with E-state index in [1.54, 1.807) is 6.07 Å². The number of carbonyl (C=O) groups excluding carboxylic acids is 1. The summed E-state index contributed by atoms with van der Waals surface area (Å²) in [5.41, 5.74) is 2.04. The molecule has 0 spiro atoms. The highest BCUT2D eigenvalue weighted by Gasteiger charge is 2.14. The van der Waals surface area contributed by atoms with E-state index in [-0.39, 0.29) is 5.91 Å². The number of ether oxygens (including phenoxy) is 1. The minimum atomic E-state index is -0.178. The summed E-state index contributed by atoms with van der Waals surface area (Å²) in [6, 6.07) is 5.56. The van der Waals surface area contributed by atoms with Crippen molar-refractivity contribution in [2.75, 3.05) is 39.4 Å². The first kappa shape index (κ1) is 16.7. The summed E-state index contributed by atoms with van der Waals surface area (Å²) in [4.78, 5) is 14.4. The number of morpholine rings is 1. The third-order valence-electron chi connectivity index (χ3n) is 4.11. The van der Waals surface area contributed by atoms with E-state index in [2.05, 4.69) is 15.3 Å². The van der Waals surface area contributed by atoms with Gasteiger partial charge in [0.15, 0.2) is 5.76 Å². The van der Waals surface area contributed by atoms with Gasteiger partial charge in [-0.2, -0.15) is 5.10 Å². The Bertz CT molecular complexity index is 686. The van der Waals surface area contributed by atoms with Crippen LogP contribution in [0.2, 0.25) is 0 Å². The normalized spacial score (nSPS) is 15.6. The lowest BCUT2D eigenvalue weighted by molar-refractivity contribution is 0.0382. The average molecular weight is 332 g/mol. The first-order valence-electron chi connectivity index (χ1n) is 8.30. The van der Waals surface area contributed by atoms with Crippen molar-refractivity contribution < 1.29 is 13.9 Å². The zero-order valence-electron chi connectivity index (χ0n) is 14.2. The van der Waals surface area contributed by atoms with Crippen LogP contribution in [0.4, 0.5) is 0 Å². The molecule has 130 valence electrons. The summed E-state index contributed by atoms with van der Waals surface area (Å²) in [6.45, 7) is 9.29. The van der Waals surface area contributed by atoms with E-state index in [0.29, 0.717) is 18.8 Å². The molecule has 0 aromatic carbocycles. The number of amides is 1. The number of nitrogens with one attached hydrogen (secondary N) is 1. The van der Waals surface area contributed by atoms with Gasteiger partial charge < -0.3 is 14.5 Å². The molecule has 1 saturated heterocycles. The van der Waals surface area contributed by atoms with Crippen LogP contribution in [0.5, 0.6) is 0 Å². The minimum absolute atomic E-state index is 0.178. The standard InChI is InChI=1S/C17H24N4O3/c1-13-11-14(2)21(19-13)12-15-3-4-16(24-15)17(22)18-5-6-20-7-9-23-10-8-20/h3-4,11H,5-10,12H2,1-2H3,(H,18,22). The Hall–Kier alpha value is -2.12. The van der Waals surface area contributed by atoms with Crippen molar-refractivity contribution in [2.45, 2.75) is 20.4 Å². The molecule has 0 radical (unpaired) electrons. The van der Waals surface area contributed by atoms with Crippen LogP contribution in [0.25, 0.3) is 0 Å². The third kappa shape index (κ3) is 4.24. The predicted molar refractivity (Wildman–Crippen MR) is 89.1 cm³/mol. The van der Waals surface area contributed by atoms with Crippen LogP contribution in [-0.4, -0.2) is 60.0 Å². The van der Waals surface area contributed by atoms with E-state index >= 15 is 0 Å². The van der Waals surface area contributed by atoms with Crippen molar-refractivity contribution in [1.82, 2.24) is 20.0 Å². The van der Waals surface area contributed by atoms with Crippen LogP contribution in [0, 0.1) is 13.8 Å². The van der Waals surface area contributed by atoms with Gasteiger partial charge in [-0.3, -0.25) is 14.4 Å². The second-order valence-electron chi connectivity index (χ2n) is 6.06. The maximum absolute atomic E-state index is 12.2. The Labute approximate surface area is 141 Å². The summed E-state index contributed by atoms with van der Waals surface area (Å²) in [6.07, 6.45) is 0. The zero-order valence-corrected chi connectivity index (χ0v) is 14.2. The molecule has 0 saturated carbocycles. The van der Waals surface area contributed by atoms with Crippen molar-refractivity contribution >= 4 is 5.91 Å². The molecule has 0 aliphatic carbocycles. The number of hydrogen-bond acceptors (Lipinski definition) is 5. The molecule has 0 atom stereocenters. The van der Waals surface area contributed by atoms with Gasteiger partial charge in [0.1, 0.15) is 5.76 Å². The third-order valence-corrected chi connectivity index (χ3v) is 4.11. The molecular formula is C17H24N4O3. The highest BCUT2D eigenvalue weighted by molar-refractivity contribution is 5.91. The molecule has 1 aliphatic rings. The number of aryl methyl sites for hydroxylation is 2. The number of aromatic nitrogens is 2. The van der Waals surface area contributed by atoms with Gasteiger partial charge in [0.05, 0.1) is 25.5 Å². The number of nitrogens with zero attached hydrogens (tertiary/aromatic N) is 3. The maximum Gasteiger partial charge on any atom is 0.287 e. The fourth-order valence-corrected chi connectivity index (χ4v) is 2.81. The quantitative estimate of drug-likeness (QED) is 0.861. The molecule has 3 heterocycles. The highest BCUT2D eigenvalue weighted by atomic mass is 16.5. The SMILES string of the molecule is Cc1cc(C)n(Cc2ccc(C(=O)NCCN3CCOCC3)o2)n1.